The third kappa shape index (κ3) is 3.01. The van der Waals surface area contributed by atoms with Crippen molar-refractivity contribution >= 4 is 16.9 Å². The van der Waals surface area contributed by atoms with Gasteiger partial charge in [-0.25, -0.2) is 4.98 Å². The van der Waals surface area contributed by atoms with Gasteiger partial charge in [0.25, 0.3) is 5.91 Å². The second kappa shape index (κ2) is 7.01. The fourth-order valence-corrected chi connectivity index (χ4v) is 2.83. The van der Waals surface area contributed by atoms with Gasteiger partial charge in [-0.15, -0.1) is 0 Å². The van der Waals surface area contributed by atoms with Gasteiger partial charge in [0.15, 0.2) is 0 Å². The molecule has 0 radical (unpaired) electrons. The number of H-pyrrole nitrogens is 2. The van der Waals surface area contributed by atoms with Crippen molar-refractivity contribution in [2.75, 3.05) is 13.1 Å². The molecule has 3 heterocycles. The highest BCUT2D eigenvalue weighted by molar-refractivity contribution is 5.97. The molecule has 1 amide bonds. The Bertz CT molecular complexity index is 886. The normalized spacial score (nSPS) is 10.7. The number of aromatic nitrogens is 3. The van der Waals surface area contributed by atoms with Crippen molar-refractivity contribution in [3.05, 3.63) is 42.5 Å². The highest BCUT2D eigenvalue weighted by Gasteiger charge is 2.17. The van der Waals surface area contributed by atoms with Crippen LogP contribution in [-0.4, -0.2) is 38.8 Å². The Morgan fingerprint density at radius 1 is 1.33 bits per heavy atom. The fourth-order valence-electron chi connectivity index (χ4n) is 2.83. The van der Waals surface area contributed by atoms with Gasteiger partial charge < -0.3 is 14.9 Å². The van der Waals surface area contributed by atoms with Crippen LogP contribution in [0.5, 0.6) is 0 Å². The Morgan fingerprint density at radius 3 is 3.00 bits per heavy atom. The van der Waals surface area contributed by atoms with E-state index in [0.717, 1.165) is 28.6 Å². The first-order valence-electron chi connectivity index (χ1n) is 8.01. The SMILES string of the molecule is CCCN(CCC#N)C(=O)c1cc(-c2ccnc3[nH]ccc23)c[nH]1. The molecule has 0 spiro atoms. The lowest BCUT2D eigenvalue weighted by molar-refractivity contribution is 0.0754. The molecule has 0 aliphatic heterocycles. The summed E-state index contributed by atoms with van der Waals surface area (Å²) >= 11 is 0. The Labute approximate surface area is 140 Å². The number of nitriles is 1. The Morgan fingerprint density at radius 2 is 2.21 bits per heavy atom. The van der Waals surface area contributed by atoms with E-state index in [9.17, 15) is 4.79 Å². The molecule has 0 saturated carbocycles. The van der Waals surface area contributed by atoms with Crippen LogP contribution in [0.25, 0.3) is 22.2 Å². The van der Waals surface area contributed by atoms with Crippen molar-refractivity contribution in [3.63, 3.8) is 0 Å². The Balaban J connectivity index is 1.88. The van der Waals surface area contributed by atoms with Crippen molar-refractivity contribution in [1.29, 1.82) is 5.26 Å². The van der Waals surface area contributed by atoms with Crippen molar-refractivity contribution in [3.8, 4) is 17.2 Å². The number of pyridine rings is 1. The van der Waals surface area contributed by atoms with Crippen LogP contribution in [0.2, 0.25) is 0 Å². The minimum atomic E-state index is -0.0716. The Hall–Kier alpha value is -3.07. The van der Waals surface area contributed by atoms with Crippen molar-refractivity contribution < 1.29 is 4.79 Å². The summed E-state index contributed by atoms with van der Waals surface area (Å²) in [6.07, 6.45) is 6.64. The molecule has 2 N–H and O–H groups in total. The molecule has 24 heavy (non-hydrogen) atoms. The third-order valence-electron chi connectivity index (χ3n) is 3.96. The number of amides is 1. The second-order valence-corrected chi connectivity index (χ2v) is 5.60. The number of carbonyl (C=O) groups is 1. The van der Waals surface area contributed by atoms with E-state index in [1.807, 2.05) is 37.5 Å². The van der Waals surface area contributed by atoms with Crippen LogP contribution >= 0.6 is 0 Å². The van der Waals surface area contributed by atoms with Crippen LogP contribution in [0.4, 0.5) is 0 Å². The van der Waals surface area contributed by atoms with Gasteiger partial charge in [-0.1, -0.05) is 6.92 Å². The maximum Gasteiger partial charge on any atom is 0.270 e. The van der Waals surface area contributed by atoms with Crippen LogP contribution in [0.3, 0.4) is 0 Å². The number of aromatic amines is 2. The molecule has 122 valence electrons. The number of nitrogens with one attached hydrogen (secondary N) is 2. The van der Waals surface area contributed by atoms with Crippen LogP contribution in [0.15, 0.2) is 36.8 Å². The van der Waals surface area contributed by atoms with E-state index < -0.39 is 0 Å². The third-order valence-corrected chi connectivity index (χ3v) is 3.96. The smallest absolute Gasteiger partial charge is 0.270 e. The summed E-state index contributed by atoms with van der Waals surface area (Å²) in [4.78, 5) is 24.8. The van der Waals surface area contributed by atoms with Crippen molar-refractivity contribution in [2.45, 2.75) is 19.8 Å². The minimum Gasteiger partial charge on any atom is -0.357 e. The van der Waals surface area contributed by atoms with E-state index in [-0.39, 0.29) is 5.91 Å². The molecule has 0 fully saturated rings. The van der Waals surface area contributed by atoms with Crippen LogP contribution in [-0.2, 0) is 0 Å². The molecule has 0 saturated heterocycles. The van der Waals surface area contributed by atoms with E-state index in [1.165, 1.54) is 0 Å². The lowest BCUT2D eigenvalue weighted by Gasteiger charge is -2.19. The first-order valence-corrected chi connectivity index (χ1v) is 8.01. The maximum atomic E-state index is 12.7. The molecule has 3 aromatic heterocycles. The first kappa shape index (κ1) is 15.8. The van der Waals surface area contributed by atoms with E-state index >= 15 is 0 Å². The monoisotopic (exact) mass is 321 g/mol. The fraction of sp³-hybridized carbons (Fsp3) is 0.278. The molecular weight excluding hydrogens is 302 g/mol. The standard InChI is InChI=1S/C18H19N5O/c1-2-9-23(10-3-6-19)18(24)16-11-13(12-22-16)14-4-7-20-17-15(14)5-8-21-17/h4-5,7-8,11-12,22H,2-3,9-10H2,1H3,(H,20,21). The quantitative estimate of drug-likeness (QED) is 0.730. The summed E-state index contributed by atoms with van der Waals surface area (Å²) in [6.45, 7) is 3.12. The van der Waals surface area contributed by atoms with Gasteiger partial charge in [-0.05, 0) is 30.2 Å². The van der Waals surface area contributed by atoms with Gasteiger partial charge in [-0.3, -0.25) is 4.79 Å². The number of fused-ring (bicyclic) bond motifs is 1. The zero-order chi connectivity index (χ0) is 16.9. The van der Waals surface area contributed by atoms with E-state index in [0.29, 0.717) is 25.2 Å². The number of nitrogens with zero attached hydrogens (tertiary/aromatic N) is 3. The number of hydrogen-bond donors (Lipinski definition) is 2. The number of hydrogen-bond acceptors (Lipinski definition) is 3. The largest absolute Gasteiger partial charge is 0.357 e. The van der Waals surface area contributed by atoms with Crippen molar-refractivity contribution in [1.82, 2.24) is 19.9 Å². The predicted molar refractivity (Wildman–Crippen MR) is 92.3 cm³/mol. The molecule has 0 atom stereocenters. The molecule has 6 heteroatoms. The van der Waals surface area contributed by atoms with Gasteiger partial charge in [0, 0.05) is 42.6 Å². The average Bonchev–Trinajstić information content (AvgIpc) is 3.26. The first-order chi connectivity index (χ1) is 11.7. The molecule has 0 unspecified atom stereocenters. The zero-order valence-electron chi connectivity index (χ0n) is 13.5. The molecule has 0 aromatic carbocycles. The summed E-state index contributed by atoms with van der Waals surface area (Å²) in [6, 6.07) is 7.87. The molecule has 0 aliphatic carbocycles. The summed E-state index contributed by atoms with van der Waals surface area (Å²) in [7, 11) is 0. The lowest BCUT2D eigenvalue weighted by atomic mass is 10.1. The van der Waals surface area contributed by atoms with Gasteiger partial charge >= 0.3 is 0 Å². The second-order valence-electron chi connectivity index (χ2n) is 5.60. The zero-order valence-corrected chi connectivity index (χ0v) is 13.5. The van der Waals surface area contributed by atoms with E-state index in [4.69, 9.17) is 5.26 Å². The molecule has 3 aromatic rings. The predicted octanol–water partition coefficient (Wildman–Crippen LogP) is 3.32. The highest BCUT2D eigenvalue weighted by Crippen LogP contribution is 2.27. The van der Waals surface area contributed by atoms with E-state index in [2.05, 4.69) is 21.0 Å². The van der Waals surface area contributed by atoms with Gasteiger partial charge in [-0.2, -0.15) is 5.26 Å². The van der Waals surface area contributed by atoms with Gasteiger partial charge in [0.1, 0.15) is 11.3 Å². The van der Waals surface area contributed by atoms with Gasteiger partial charge in [0.05, 0.1) is 12.5 Å². The average molecular weight is 321 g/mol. The molecule has 0 aliphatic rings. The molecular formula is C18H19N5O. The number of rotatable bonds is 6. The van der Waals surface area contributed by atoms with Gasteiger partial charge in [0.2, 0.25) is 0 Å². The van der Waals surface area contributed by atoms with Crippen LogP contribution in [0.1, 0.15) is 30.3 Å². The van der Waals surface area contributed by atoms with Crippen LogP contribution in [0, 0.1) is 11.3 Å². The summed E-state index contributed by atoms with van der Waals surface area (Å²) in [5.41, 5.74) is 3.33. The lowest BCUT2D eigenvalue weighted by Crippen LogP contribution is -2.32. The summed E-state index contributed by atoms with van der Waals surface area (Å²) in [5.74, 6) is -0.0716. The number of carbonyl (C=O) groups excluding carboxylic acids is 1. The van der Waals surface area contributed by atoms with Crippen molar-refractivity contribution in [2.24, 2.45) is 0 Å². The Kier molecular flexibility index (Phi) is 4.62. The summed E-state index contributed by atoms with van der Waals surface area (Å²) < 4.78 is 0. The van der Waals surface area contributed by atoms with Crippen LogP contribution < -0.4 is 0 Å². The molecule has 3 rings (SSSR count). The highest BCUT2D eigenvalue weighted by atomic mass is 16.2. The maximum absolute atomic E-state index is 12.7. The summed E-state index contributed by atoms with van der Waals surface area (Å²) in [5, 5.41) is 9.78. The molecule has 0 bridgehead atoms. The molecule has 6 nitrogen and oxygen atoms in total. The van der Waals surface area contributed by atoms with E-state index in [1.54, 1.807) is 11.1 Å². The topological polar surface area (TPSA) is 88.6 Å². The minimum absolute atomic E-state index is 0.0716.